The Balaban J connectivity index is 0. The summed E-state index contributed by atoms with van der Waals surface area (Å²) in [5.74, 6) is -3.76. The van der Waals surface area contributed by atoms with Crippen LogP contribution < -0.4 is 32.1 Å². The number of rotatable bonds is 7. The van der Waals surface area contributed by atoms with Crippen LogP contribution in [0.15, 0.2) is 49.1 Å². The van der Waals surface area contributed by atoms with Crippen molar-refractivity contribution in [1.29, 1.82) is 5.41 Å². The number of aliphatic carboxylic acids is 1. The van der Waals surface area contributed by atoms with Gasteiger partial charge < -0.3 is 46.5 Å². The maximum absolute atomic E-state index is 10.1. The first-order valence-electron chi connectivity index (χ1n) is 8.42. The summed E-state index contributed by atoms with van der Waals surface area (Å²) in [6.45, 7) is 0.455. The summed E-state index contributed by atoms with van der Waals surface area (Å²) < 4.78 is 0. The minimum Gasteiger partial charge on any atom is -0.548 e. The van der Waals surface area contributed by atoms with Crippen LogP contribution in [0.5, 0.6) is 0 Å². The normalized spacial score (nSPS) is 9.84. The van der Waals surface area contributed by atoms with Gasteiger partial charge in [0.25, 0.3) is 0 Å². The number of nitrogens with zero attached hydrogens (tertiary/aromatic N) is 2. The second-order valence-electron chi connectivity index (χ2n) is 5.47. The van der Waals surface area contributed by atoms with Crippen LogP contribution >= 0.6 is 0 Å². The molecule has 0 aliphatic heterocycles. The zero-order chi connectivity index (χ0) is 22.9. The molecule has 13 heteroatoms. The zero-order valence-electron chi connectivity index (χ0n) is 16.2. The van der Waals surface area contributed by atoms with Crippen LogP contribution in [0.3, 0.4) is 0 Å². The second kappa shape index (κ2) is 17.3. The number of nitrogens with two attached hydrogens (primary N) is 2. The molecule has 0 unspecified atom stereocenters. The minimum atomic E-state index is -1.25. The summed E-state index contributed by atoms with van der Waals surface area (Å²) >= 11 is 0. The van der Waals surface area contributed by atoms with E-state index in [0.29, 0.717) is 19.4 Å². The molecule has 2 aromatic rings. The Labute approximate surface area is 189 Å². The molecule has 0 aromatic carbocycles. The van der Waals surface area contributed by atoms with Gasteiger partial charge >= 0.3 is 17.4 Å². The number of hydrogen-bond donors (Lipinski definition) is 4. The van der Waals surface area contributed by atoms with Crippen LogP contribution in [0.1, 0.15) is 33.6 Å². The molecule has 0 saturated carbocycles. The molecular weight excluding hydrogens is 448 g/mol. The Morgan fingerprint density at radius 2 is 1.45 bits per heavy atom. The van der Waals surface area contributed by atoms with Gasteiger partial charge in [-0.2, -0.15) is 0 Å². The summed E-state index contributed by atoms with van der Waals surface area (Å²) in [4.78, 5) is 37.4. The van der Waals surface area contributed by atoms with E-state index in [1.807, 2.05) is 0 Å². The van der Waals surface area contributed by atoms with Gasteiger partial charge in [-0.05, 0) is 25.0 Å². The first-order valence-corrected chi connectivity index (χ1v) is 8.42. The van der Waals surface area contributed by atoms with Gasteiger partial charge in [-0.25, -0.2) is 0 Å². The molecule has 0 amide bonds. The van der Waals surface area contributed by atoms with Crippen LogP contribution in [0.2, 0.25) is 0 Å². The summed E-state index contributed by atoms with van der Waals surface area (Å²) in [6.07, 6.45) is 6.38. The van der Waals surface area contributed by atoms with Crippen molar-refractivity contribution in [2.75, 3.05) is 6.54 Å². The fourth-order valence-corrected chi connectivity index (χ4v) is 1.63. The molecule has 6 N–H and O–H groups in total. The third-order valence-corrected chi connectivity index (χ3v) is 3.10. The average Bonchev–Trinajstić information content (AvgIpc) is 2.73. The molecule has 0 aliphatic carbocycles. The van der Waals surface area contributed by atoms with Gasteiger partial charge in [0.1, 0.15) is 0 Å². The van der Waals surface area contributed by atoms with Crippen molar-refractivity contribution in [2.45, 2.75) is 18.9 Å². The van der Waals surface area contributed by atoms with E-state index in [1.165, 1.54) is 36.9 Å². The van der Waals surface area contributed by atoms with E-state index in [2.05, 4.69) is 15.3 Å². The Kier molecular flexibility index (Phi) is 16.6. The maximum atomic E-state index is 10.1. The number of carbonyl (C=O) groups excluding carboxylic acids is 3. The Morgan fingerprint density at radius 3 is 1.71 bits per heavy atom. The summed E-state index contributed by atoms with van der Waals surface area (Å²) in [6, 6.07) is 5.03. The largest absolute Gasteiger partial charge is 3.00 e. The van der Waals surface area contributed by atoms with Crippen LogP contribution in [0.25, 0.3) is 0 Å². The predicted molar refractivity (Wildman–Crippen MR) is 99.3 cm³/mol. The maximum Gasteiger partial charge on any atom is 3.00 e. The minimum absolute atomic E-state index is 0. The molecule has 1 radical (unpaired) electrons. The molecule has 31 heavy (non-hydrogen) atoms. The molecule has 2 rings (SSSR count). The zero-order valence-corrected chi connectivity index (χ0v) is 17.5. The SMILES string of the molecule is N=C(N)NCCC[C@H](N)C(=O)[O-].O=C([O-])c1cccnc1.O=C([O-])c1cccnc1.[Cr+3]. The molecule has 1 atom stereocenters. The number of hydrogen-bond acceptors (Lipinski definition) is 10. The Morgan fingerprint density at radius 1 is 1.00 bits per heavy atom. The van der Waals surface area contributed by atoms with Gasteiger partial charge in [0, 0.05) is 48.5 Å². The number of pyridine rings is 2. The Hall–Kier alpha value is -3.53. The number of nitrogens with one attached hydrogen (secondary N) is 2. The van der Waals surface area contributed by atoms with Crippen molar-refractivity contribution in [3.05, 3.63) is 60.2 Å². The predicted octanol–water partition coefficient (Wildman–Crippen LogP) is -3.79. The number of aromatic nitrogens is 2. The molecular formula is C18H21CrN6O6. The molecule has 0 saturated heterocycles. The van der Waals surface area contributed by atoms with Gasteiger partial charge in [-0.15, -0.1) is 0 Å². The summed E-state index contributed by atoms with van der Waals surface area (Å²) in [5, 5.41) is 39.5. The number of aromatic carboxylic acids is 2. The van der Waals surface area contributed by atoms with Crippen molar-refractivity contribution in [3.8, 4) is 0 Å². The molecule has 2 heterocycles. The topological polar surface area (TPSA) is 234 Å². The van der Waals surface area contributed by atoms with Crippen molar-refractivity contribution in [3.63, 3.8) is 0 Å². The van der Waals surface area contributed by atoms with E-state index in [4.69, 9.17) is 16.9 Å². The van der Waals surface area contributed by atoms with Crippen molar-refractivity contribution < 1.29 is 47.1 Å². The molecule has 0 bridgehead atoms. The molecule has 0 aliphatic rings. The van der Waals surface area contributed by atoms with Crippen LogP contribution in [-0.2, 0) is 22.2 Å². The molecule has 0 spiro atoms. The van der Waals surface area contributed by atoms with Crippen LogP contribution in [-0.4, -0.2) is 46.4 Å². The quantitative estimate of drug-likeness (QED) is 0.174. The van der Waals surface area contributed by atoms with Gasteiger partial charge in [0.15, 0.2) is 5.96 Å². The van der Waals surface area contributed by atoms with E-state index >= 15 is 0 Å². The van der Waals surface area contributed by atoms with Gasteiger partial charge in [-0.1, -0.05) is 12.1 Å². The monoisotopic (exact) mass is 469 g/mol. The number of carbonyl (C=O) groups is 3. The fourth-order valence-electron chi connectivity index (χ4n) is 1.63. The number of guanidine groups is 1. The van der Waals surface area contributed by atoms with Crippen molar-refractivity contribution in [1.82, 2.24) is 15.3 Å². The summed E-state index contributed by atoms with van der Waals surface area (Å²) in [7, 11) is 0. The van der Waals surface area contributed by atoms with E-state index in [0.717, 1.165) is 0 Å². The van der Waals surface area contributed by atoms with Gasteiger partial charge in [0.2, 0.25) is 0 Å². The van der Waals surface area contributed by atoms with Gasteiger partial charge in [-0.3, -0.25) is 15.4 Å². The van der Waals surface area contributed by atoms with E-state index in [9.17, 15) is 29.7 Å². The molecule has 165 valence electrons. The smallest absolute Gasteiger partial charge is 0.548 e. The van der Waals surface area contributed by atoms with Gasteiger partial charge in [0.05, 0.1) is 17.9 Å². The number of carboxylic acids is 3. The first kappa shape index (κ1) is 29.7. The molecule has 12 nitrogen and oxygen atoms in total. The molecule has 0 fully saturated rings. The first-order chi connectivity index (χ1) is 14.1. The summed E-state index contributed by atoms with van der Waals surface area (Å²) in [5.41, 5.74) is 10.4. The number of carboxylic acid groups (broad SMARTS) is 3. The van der Waals surface area contributed by atoms with E-state index in [1.54, 1.807) is 12.1 Å². The third kappa shape index (κ3) is 16.0. The fraction of sp³-hybridized carbons (Fsp3) is 0.222. The van der Waals surface area contributed by atoms with Crippen molar-refractivity contribution >= 4 is 23.9 Å². The van der Waals surface area contributed by atoms with E-state index in [-0.39, 0.29) is 34.4 Å². The standard InChI is InChI=1S/C6H14N4O2.2C6H5NO2.Cr/c7-4(5(11)12)2-1-3-10-6(8)9;2*8-6(9)5-2-1-3-7-4-5;/h4H,1-3,7H2,(H,11,12)(H4,8,9,10);2*1-4H,(H,8,9);/q;;;+3/p-3/t4-;;;/m0.../s1. The Bertz CT molecular complexity index is 760. The molecule has 2 aromatic heterocycles. The van der Waals surface area contributed by atoms with Crippen LogP contribution in [0.4, 0.5) is 0 Å². The van der Waals surface area contributed by atoms with Crippen molar-refractivity contribution in [2.24, 2.45) is 11.5 Å². The average molecular weight is 469 g/mol. The second-order valence-corrected chi connectivity index (χ2v) is 5.47. The van der Waals surface area contributed by atoms with E-state index < -0.39 is 23.9 Å². The third-order valence-electron chi connectivity index (χ3n) is 3.10. The van der Waals surface area contributed by atoms with Crippen LogP contribution in [0, 0.1) is 5.41 Å².